The minimum Gasteiger partial charge on any atom is -0.379 e. The molecule has 1 aliphatic heterocycles. The summed E-state index contributed by atoms with van der Waals surface area (Å²) in [5.74, 6) is 0.841. The van der Waals surface area contributed by atoms with E-state index >= 15 is 0 Å². The Labute approximate surface area is 142 Å². The van der Waals surface area contributed by atoms with Gasteiger partial charge in [0.25, 0.3) is 0 Å². The number of aromatic nitrogens is 2. The van der Waals surface area contributed by atoms with Crippen molar-refractivity contribution in [2.45, 2.75) is 13.0 Å². The van der Waals surface area contributed by atoms with E-state index in [1.165, 1.54) is 0 Å². The number of carbonyl (C=O) groups excluding carboxylic acids is 1. The predicted octanol–water partition coefficient (Wildman–Crippen LogP) is 1.27. The second-order valence-corrected chi connectivity index (χ2v) is 6.14. The zero-order valence-corrected chi connectivity index (χ0v) is 14.2. The molecule has 1 aliphatic rings. The van der Waals surface area contributed by atoms with Gasteiger partial charge in [-0.05, 0) is 18.1 Å². The molecule has 0 aliphatic carbocycles. The van der Waals surface area contributed by atoms with Gasteiger partial charge in [-0.2, -0.15) is 0 Å². The summed E-state index contributed by atoms with van der Waals surface area (Å²) in [5.41, 5.74) is 2.21. The molecule has 1 aromatic carbocycles. The van der Waals surface area contributed by atoms with Crippen molar-refractivity contribution in [3.05, 3.63) is 53.6 Å². The number of nitrogens with zero attached hydrogens (tertiary/aromatic N) is 3. The lowest BCUT2D eigenvalue weighted by Crippen LogP contribution is -2.44. The Morgan fingerprint density at radius 2 is 2.08 bits per heavy atom. The standard InChI is InChI=1S/C18H24N4O2/c1-14-5-3-4-6-15(14)17(18-19-7-8-21(18)2)20-16(23)13-22-9-11-24-12-10-22/h3-8,17H,9-13H2,1-2H3,(H,20,23). The summed E-state index contributed by atoms with van der Waals surface area (Å²) in [6.45, 7) is 5.41. The first kappa shape index (κ1) is 16.7. The first-order chi connectivity index (χ1) is 11.6. The average molecular weight is 328 g/mol. The molecule has 1 atom stereocenters. The number of aryl methyl sites for hydroxylation is 2. The predicted molar refractivity (Wildman–Crippen MR) is 91.6 cm³/mol. The van der Waals surface area contributed by atoms with Crippen LogP contribution in [0.15, 0.2) is 36.7 Å². The minimum absolute atomic E-state index is 0.00755. The van der Waals surface area contributed by atoms with Gasteiger partial charge in [0.15, 0.2) is 0 Å². The van der Waals surface area contributed by atoms with Crippen LogP contribution in [0, 0.1) is 6.92 Å². The Balaban J connectivity index is 1.79. The van der Waals surface area contributed by atoms with Crippen LogP contribution in [0.1, 0.15) is 23.0 Å². The molecule has 0 radical (unpaired) electrons. The number of imidazole rings is 1. The van der Waals surface area contributed by atoms with E-state index in [4.69, 9.17) is 4.74 Å². The Morgan fingerprint density at radius 3 is 2.75 bits per heavy atom. The van der Waals surface area contributed by atoms with Crippen LogP contribution in [0.4, 0.5) is 0 Å². The van der Waals surface area contributed by atoms with E-state index in [1.807, 2.05) is 36.0 Å². The van der Waals surface area contributed by atoms with Gasteiger partial charge in [-0.25, -0.2) is 4.98 Å². The van der Waals surface area contributed by atoms with Gasteiger partial charge in [0.05, 0.1) is 19.8 Å². The van der Waals surface area contributed by atoms with Gasteiger partial charge >= 0.3 is 0 Å². The van der Waals surface area contributed by atoms with Gasteiger partial charge in [0, 0.05) is 32.5 Å². The molecule has 2 aromatic rings. The summed E-state index contributed by atoms with van der Waals surface area (Å²) >= 11 is 0. The maximum atomic E-state index is 12.6. The number of benzene rings is 1. The zero-order valence-electron chi connectivity index (χ0n) is 14.2. The van der Waals surface area contributed by atoms with Crippen LogP contribution in [-0.4, -0.2) is 53.2 Å². The highest BCUT2D eigenvalue weighted by Gasteiger charge is 2.23. The van der Waals surface area contributed by atoms with Crippen LogP contribution in [0.25, 0.3) is 0 Å². The van der Waals surface area contributed by atoms with E-state index in [0.29, 0.717) is 19.8 Å². The van der Waals surface area contributed by atoms with Gasteiger partial charge in [-0.1, -0.05) is 24.3 Å². The van der Waals surface area contributed by atoms with Crippen molar-refractivity contribution in [1.29, 1.82) is 0 Å². The molecule has 1 aromatic heterocycles. The highest BCUT2D eigenvalue weighted by atomic mass is 16.5. The number of hydrogen-bond donors (Lipinski definition) is 1. The molecule has 1 unspecified atom stereocenters. The Kier molecular flexibility index (Phi) is 5.27. The molecule has 1 amide bonds. The van der Waals surface area contributed by atoms with E-state index in [0.717, 1.165) is 30.0 Å². The van der Waals surface area contributed by atoms with Crippen molar-refractivity contribution in [1.82, 2.24) is 19.8 Å². The summed E-state index contributed by atoms with van der Waals surface area (Å²) in [4.78, 5) is 19.1. The van der Waals surface area contributed by atoms with E-state index in [2.05, 4.69) is 28.2 Å². The lowest BCUT2D eigenvalue weighted by molar-refractivity contribution is -0.123. The molecular formula is C18H24N4O2. The first-order valence-electron chi connectivity index (χ1n) is 8.27. The van der Waals surface area contributed by atoms with Crippen molar-refractivity contribution in [2.24, 2.45) is 7.05 Å². The highest BCUT2D eigenvalue weighted by molar-refractivity contribution is 5.79. The lowest BCUT2D eigenvalue weighted by atomic mass is 10.0. The quantitative estimate of drug-likeness (QED) is 0.898. The minimum atomic E-state index is -0.250. The molecule has 6 heteroatoms. The molecule has 24 heavy (non-hydrogen) atoms. The van der Waals surface area contributed by atoms with Crippen molar-refractivity contribution < 1.29 is 9.53 Å². The molecular weight excluding hydrogens is 304 g/mol. The van der Waals surface area contributed by atoms with Crippen molar-refractivity contribution >= 4 is 5.91 Å². The fourth-order valence-electron chi connectivity index (χ4n) is 3.02. The molecule has 2 heterocycles. The molecule has 0 bridgehead atoms. The number of rotatable bonds is 5. The van der Waals surface area contributed by atoms with Crippen LogP contribution < -0.4 is 5.32 Å². The Hall–Kier alpha value is -2.18. The van der Waals surface area contributed by atoms with Crippen LogP contribution in [0.2, 0.25) is 0 Å². The fourth-order valence-corrected chi connectivity index (χ4v) is 3.02. The number of amides is 1. The largest absolute Gasteiger partial charge is 0.379 e. The molecule has 1 fully saturated rings. The van der Waals surface area contributed by atoms with Crippen molar-refractivity contribution in [3.8, 4) is 0 Å². The third kappa shape index (κ3) is 3.83. The molecule has 1 saturated heterocycles. The summed E-state index contributed by atoms with van der Waals surface area (Å²) in [7, 11) is 1.95. The zero-order chi connectivity index (χ0) is 16.9. The Morgan fingerprint density at radius 1 is 1.33 bits per heavy atom. The van der Waals surface area contributed by atoms with Gasteiger partial charge in [-0.3, -0.25) is 9.69 Å². The lowest BCUT2D eigenvalue weighted by Gasteiger charge is -2.27. The summed E-state index contributed by atoms with van der Waals surface area (Å²) in [6.07, 6.45) is 3.66. The van der Waals surface area contributed by atoms with Crippen LogP contribution in [0.5, 0.6) is 0 Å². The molecule has 3 rings (SSSR count). The smallest absolute Gasteiger partial charge is 0.235 e. The first-order valence-corrected chi connectivity index (χ1v) is 8.27. The molecule has 128 valence electrons. The summed E-state index contributed by atoms with van der Waals surface area (Å²) < 4.78 is 7.29. The molecule has 0 saturated carbocycles. The SMILES string of the molecule is Cc1ccccc1C(NC(=O)CN1CCOCC1)c1nccn1C. The Bertz CT molecular complexity index is 692. The third-order valence-corrected chi connectivity index (χ3v) is 4.39. The van der Waals surface area contributed by atoms with E-state index < -0.39 is 0 Å². The van der Waals surface area contributed by atoms with E-state index in [9.17, 15) is 4.79 Å². The average Bonchev–Trinajstić information content (AvgIpc) is 3.00. The van der Waals surface area contributed by atoms with E-state index in [-0.39, 0.29) is 11.9 Å². The second-order valence-electron chi connectivity index (χ2n) is 6.14. The fraction of sp³-hybridized carbons (Fsp3) is 0.444. The number of ether oxygens (including phenoxy) is 1. The molecule has 1 N–H and O–H groups in total. The van der Waals surface area contributed by atoms with Crippen molar-refractivity contribution in [2.75, 3.05) is 32.8 Å². The maximum Gasteiger partial charge on any atom is 0.235 e. The molecule has 6 nitrogen and oxygen atoms in total. The van der Waals surface area contributed by atoms with Crippen LogP contribution in [-0.2, 0) is 16.6 Å². The number of carbonyl (C=O) groups is 1. The van der Waals surface area contributed by atoms with E-state index in [1.54, 1.807) is 6.20 Å². The third-order valence-electron chi connectivity index (χ3n) is 4.39. The highest BCUT2D eigenvalue weighted by Crippen LogP contribution is 2.23. The number of nitrogens with one attached hydrogen (secondary N) is 1. The topological polar surface area (TPSA) is 59.4 Å². The van der Waals surface area contributed by atoms with Crippen LogP contribution in [0.3, 0.4) is 0 Å². The number of morpholine rings is 1. The van der Waals surface area contributed by atoms with Gasteiger partial charge < -0.3 is 14.6 Å². The number of hydrogen-bond acceptors (Lipinski definition) is 4. The van der Waals surface area contributed by atoms with Gasteiger partial charge in [-0.15, -0.1) is 0 Å². The summed E-state index contributed by atoms with van der Waals surface area (Å²) in [5, 5.41) is 3.16. The van der Waals surface area contributed by atoms with Gasteiger partial charge in [0.1, 0.15) is 11.9 Å². The molecule has 0 spiro atoms. The van der Waals surface area contributed by atoms with Gasteiger partial charge in [0.2, 0.25) is 5.91 Å². The monoisotopic (exact) mass is 328 g/mol. The maximum absolute atomic E-state index is 12.6. The van der Waals surface area contributed by atoms with Crippen molar-refractivity contribution in [3.63, 3.8) is 0 Å². The summed E-state index contributed by atoms with van der Waals surface area (Å²) in [6, 6.07) is 7.85. The van der Waals surface area contributed by atoms with Crippen LogP contribution >= 0.6 is 0 Å². The second kappa shape index (κ2) is 7.59. The normalized spacial score (nSPS) is 16.8.